The van der Waals surface area contributed by atoms with Crippen LogP contribution < -0.4 is 5.32 Å². The second kappa shape index (κ2) is 6.23. The third-order valence-electron chi connectivity index (χ3n) is 3.33. The van der Waals surface area contributed by atoms with Crippen LogP contribution in [0.25, 0.3) is 0 Å². The molecule has 22 heavy (non-hydrogen) atoms. The number of imidazole rings is 1. The first kappa shape index (κ1) is 14.6. The van der Waals surface area contributed by atoms with Crippen molar-refractivity contribution in [2.24, 2.45) is 0 Å². The van der Waals surface area contributed by atoms with Gasteiger partial charge in [-0.25, -0.2) is 9.78 Å². The predicted molar refractivity (Wildman–Crippen MR) is 83.1 cm³/mol. The van der Waals surface area contributed by atoms with Crippen molar-refractivity contribution in [1.82, 2.24) is 9.97 Å². The lowest BCUT2D eigenvalue weighted by Crippen LogP contribution is -2.21. The van der Waals surface area contributed by atoms with E-state index in [1.807, 2.05) is 24.3 Å². The quantitative estimate of drug-likeness (QED) is 0.846. The Morgan fingerprint density at radius 3 is 3.09 bits per heavy atom. The molecule has 0 saturated heterocycles. The number of fused-ring (bicyclic) bond motifs is 1. The monoisotopic (exact) mass is 317 g/mol. The summed E-state index contributed by atoms with van der Waals surface area (Å²) in [5, 5.41) is 2.72. The molecule has 0 unspecified atom stereocenters. The van der Waals surface area contributed by atoms with Gasteiger partial charge in [-0.2, -0.15) is 0 Å². The number of amides is 1. The lowest BCUT2D eigenvalue weighted by molar-refractivity contribution is -0.117. The van der Waals surface area contributed by atoms with Crippen LogP contribution in [0.1, 0.15) is 28.9 Å². The van der Waals surface area contributed by atoms with Gasteiger partial charge < -0.3 is 9.72 Å². The Hall–Kier alpha value is -2.28. The number of hydrogen-bond acceptors (Lipinski definition) is 5. The van der Waals surface area contributed by atoms with E-state index in [0.29, 0.717) is 5.75 Å². The van der Waals surface area contributed by atoms with E-state index in [1.54, 1.807) is 18.7 Å². The number of thioether (sulfide) groups is 1. The fraction of sp³-hybridized carbons (Fsp3) is 0.267. The number of ether oxygens (including phenoxy) is 1. The third-order valence-corrected chi connectivity index (χ3v) is 4.51. The van der Waals surface area contributed by atoms with Crippen molar-refractivity contribution in [1.29, 1.82) is 0 Å². The number of aromatic amines is 1. The van der Waals surface area contributed by atoms with Crippen LogP contribution in [0.15, 0.2) is 35.4 Å². The number of rotatable bonds is 4. The van der Waals surface area contributed by atoms with Crippen molar-refractivity contribution in [2.45, 2.75) is 17.7 Å². The zero-order chi connectivity index (χ0) is 15.5. The Morgan fingerprint density at radius 1 is 1.45 bits per heavy atom. The number of benzene rings is 1. The maximum atomic E-state index is 12.4. The van der Waals surface area contributed by atoms with E-state index in [1.165, 1.54) is 6.20 Å². The van der Waals surface area contributed by atoms with Gasteiger partial charge in [0.15, 0.2) is 0 Å². The van der Waals surface area contributed by atoms with Crippen LogP contribution in [0.4, 0.5) is 5.95 Å². The minimum atomic E-state index is -0.489. The molecule has 0 bridgehead atoms. The second-order valence-corrected chi connectivity index (χ2v) is 5.82. The summed E-state index contributed by atoms with van der Waals surface area (Å²) in [5.41, 5.74) is 1.25. The van der Waals surface area contributed by atoms with E-state index in [0.717, 1.165) is 10.5 Å². The summed E-state index contributed by atoms with van der Waals surface area (Å²) < 4.78 is 4.87. The molecule has 0 saturated carbocycles. The van der Waals surface area contributed by atoms with Crippen molar-refractivity contribution in [3.05, 3.63) is 41.7 Å². The maximum absolute atomic E-state index is 12.4. The normalized spacial score (nSPS) is 16.1. The molecule has 2 aromatic rings. The molecule has 1 aromatic heterocycles. The molecule has 114 valence electrons. The van der Waals surface area contributed by atoms with E-state index >= 15 is 0 Å². The molecule has 1 aliphatic heterocycles. The summed E-state index contributed by atoms with van der Waals surface area (Å²) in [7, 11) is 0. The molecule has 7 heteroatoms. The first-order chi connectivity index (χ1) is 10.7. The van der Waals surface area contributed by atoms with E-state index in [2.05, 4.69) is 15.3 Å². The highest BCUT2D eigenvalue weighted by Crippen LogP contribution is 2.39. The Kier molecular flexibility index (Phi) is 4.15. The number of esters is 1. The van der Waals surface area contributed by atoms with Gasteiger partial charge in [0, 0.05) is 10.6 Å². The van der Waals surface area contributed by atoms with E-state index in [-0.39, 0.29) is 30.1 Å². The molecule has 1 aliphatic rings. The smallest absolute Gasteiger partial charge is 0.356 e. The van der Waals surface area contributed by atoms with Crippen LogP contribution in [-0.2, 0) is 9.53 Å². The maximum Gasteiger partial charge on any atom is 0.356 e. The molecular weight excluding hydrogens is 302 g/mol. The van der Waals surface area contributed by atoms with Gasteiger partial charge in [0.25, 0.3) is 0 Å². The number of nitrogens with zero attached hydrogens (tertiary/aromatic N) is 1. The molecule has 1 aromatic carbocycles. The average molecular weight is 317 g/mol. The van der Waals surface area contributed by atoms with Gasteiger partial charge >= 0.3 is 5.97 Å². The van der Waals surface area contributed by atoms with Gasteiger partial charge in [-0.1, -0.05) is 18.2 Å². The van der Waals surface area contributed by atoms with Gasteiger partial charge in [0.2, 0.25) is 11.9 Å². The topological polar surface area (TPSA) is 84.1 Å². The minimum absolute atomic E-state index is 0.137. The number of nitrogens with one attached hydrogen (secondary N) is 2. The number of hydrogen-bond donors (Lipinski definition) is 2. The molecule has 0 spiro atoms. The Bertz CT molecular complexity index is 714. The molecule has 0 radical (unpaired) electrons. The average Bonchev–Trinajstić information content (AvgIpc) is 3.14. The number of H-pyrrole nitrogens is 1. The van der Waals surface area contributed by atoms with E-state index < -0.39 is 5.97 Å². The van der Waals surface area contributed by atoms with Gasteiger partial charge in [0.05, 0.1) is 18.7 Å². The van der Waals surface area contributed by atoms with Crippen molar-refractivity contribution < 1.29 is 14.3 Å². The Labute approximate surface area is 131 Å². The van der Waals surface area contributed by atoms with E-state index in [9.17, 15) is 9.59 Å². The number of anilines is 1. The second-order valence-electron chi connectivity index (χ2n) is 4.76. The Balaban J connectivity index is 1.69. The summed E-state index contributed by atoms with van der Waals surface area (Å²) in [4.78, 5) is 31.8. The van der Waals surface area contributed by atoms with Crippen molar-refractivity contribution in [3.63, 3.8) is 0 Å². The minimum Gasteiger partial charge on any atom is -0.461 e. The largest absolute Gasteiger partial charge is 0.461 e. The summed E-state index contributed by atoms with van der Waals surface area (Å²) in [6, 6.07) is 7.87. The lowest BCUT2D eigenvalue weighted by atomic mass is 10.0. The van der Waals surface area contributed by atoms with Crippen LogP contribution in [0.3, 0.4) is 0 Å². The molecular formula is C15H15N3O3S. The molecule has 0 aliphatic carbocycles. The van der Waals surface area contributed by atoms with Gasteiger partial charge in [-0.3, -0.25) is 10.1 Å². The molecule has 6 nitrogen and oxygen atoms in total. The predicted octanol–water partition coefficient (Wildman–Crippen LogP) is 2.41. The van der Waals surface area contributed by atoms with Crippen LogP contribution in [0.5, 0.6) is 0 Å². The van der Waals surface area contributed by atoms with E-state index in [4.69, 9.17) is 4.74 Å². The molecule has 0 fully saturated rings. The standard InChI is InChI=1S/C15H15N3O3S/c1-2-21-14(20)11-7-16-15(17-11)18-13(19)10-8-22-12-6-4-3-5-9(10)12/h3-7,10H,2,8H2,1H3,(H2,16,17,18,19)/t10-/m1/s1. The third kappa shape index (κ3) is 2.85. The van der Waals surface area contributed by atoms with Crippen molar-refractivity contribution in [3.8, 4) is 0 Å². The first-order valence-electron chi connectivity index (χ1n) is 6.93. The number of carbonyl (C=O) groups excluding carboxylic acids is 2. The van der Waals surface area contributed by atoms with Crippen molar-refractivity contribution in [2.75, 3.05) is 17.7 Å². The van der Waals surface area contributed by atoms with Gasteiger partial charge in [0.1, 0.15) is 5.69 Å². The SMILES string of the molecule is CCOC(=O)c1cnc(NC(=O)[C@@H]2CSc3ccccc32)[nH]1. The summed E-state index contributed by atoms with van der Waals surface area (Å²) in [6.07, 6.45) is 1.35. The van der Waals surface area contributed by atoms with Crippen LogP contribution in [-0.4, -0.2) is 34.2 Å². The summed E-state index contributed by atoms with van der Waals surface area (Å²) in [6.45, 7) is 2.02. The number of aromatic nitrogens is 2. The van der Waals surface area contributed by atoms with Crippen LogP contribution in [0.2, 0.25) is 0 Å². The first-order valence-corrected chi connectivity index (χ1v) is 7.92. The van der Waals surface area contributed by atoms with Gasteiger partial charge in [-0.05, 0) is 18.6 Å². The highest BCUT2D eigenvalue weighted by Gasteiger charge is 2.29. The fourth-order valence-corrected chi connectivity index (χ4v) is 3.51. The summed E-state index contributed by atoms with van der Waals surface area (Å²) >= 11 is 1.67. The molecule has 1 amide bonds. The highest BCUT2D eigenvalue weighted by molar-refractivity contribution is 7.99. The zero-order valence-electron chi connectivity index (χ0n) is 12.0. The van der Waals surface area contributed by atoms with Crippen LogP contribution >= 0.6 is 11.8 Å². The molecule has 1 atom stereocenters. The fourth-order valence-electron chi connectivity index (χ4n) is 2.28. The Morgan fingerprint density at radius 2 is 2.27 bits per heavy atom. The van der Waals surface area contributed by atoms with Crippen LogP contribution in [0, 0.1) is 0 Å². The zero-order valence-corrected chi connectivity index (χ0v) is 12.8. The van der Waals surface area contributed by atoms with Crippen molar-refractivity contribution >= 4 is 29.6 Å². The van der Waals surface area contributed by atoms with Gasteiger partial charge in [-0.15, -0.1) is 11.8 Å². The highest BCUT2D eigenvalue weighted by atomic mass is 32.2. The summed E-state index contributed by atoms with van der Waals surface area (Å²) in [5.74, 6) is 0.121. The number of carbonyl (C=O) groups is 2. The molecule has 2 heterocycles. The lowest BCUT2D eigenvalue weighted by Gasteiger charge is -2.09. The molecule has 3 rings (SSSR count). The molecule has 2 N–H and O–H groups in total.